The van der Waals surface area contributed by atoms with Crippen molar-refractivity contribution in [3.8, 4) is 6.07 Å². The Morgan fingerprint density at radius 1 is 1.48 bits per heavy atom. The smallest absolute Gasteiger partial charge is 0.331 e. The fourth-order valence-electron chi connectivity index (χ4n) is 2.14. The van der Waals surface area contributed by atoms with E-state index in [1.165, 1.54) is 22.1 Å². The topological polar surface area (TPSA) is 96.9 Å². The molecule has 1 N–H and O–H groups in total. The summed E-state index contributed by atoms with van der Waals surface area (Å²) in [5.74, 6) is -0.456. The summed E-state index contributed by atoms with van der Waals surface area (Å²) in [4.78, 5) is 37.4. The van der Waals surface area contributed by atoms with Crippen molar-refractivity contribution in [2.75, 3.05) is 0 Å². The molecule has 8 heteroatoms. The van der Waals surface area contributed by atoms with Crippen LogP contribution in [0, 0.1) is 11.3 Å². The Morgan fingerprint density at radius 2 is 2.22 bits per heavy atom. The number of aromatic nitrogens is 2. The quantitative estimate of drug-likeness (QED) is 0.877. The minimum Gasteiger partial charge on any atom is -0.347 e. The number of thiophene rings is 1. The van der Waals surface area contributed by atoms with Crippen molar-refractivity contribution in [2.45, 2.75) is 33.0 Å². The maximum Gasteiger partial charge on any atom is 0.331 e. The molecule has 7 nitrogen and oxygen atoms in total. The van der Waals surface area contributed by atoms with Crippen LogP contribution in [0.4, 0.5) is 0 Å². The van der Waals surface area contributed by atoms with Gasteiger partial charge in [-0.1, -0.05) is 6.07 Å². The molecule has 0 spiro atoms. The molecule has 0 aliphatic heterocycles. The number of nitriles is 1. The van der Waals surface area contributed by atoms with Crippen molar-refractivity contribution >= 4 is 17.2 Å². The highest BCUT2D eigenvalue weighted by Gasteiger charge is 2.16. The molecule has 23 heavy (non-hydrogen) atoms. The molecule has 2 aromatic rings. The van der Waals surface area contributed by atoms with Gasteiger partial charge >= 0.3 is 5.69 Å². The van der Waals surface area contributed by atoms with Gasteiger partial charge in [0, 0.05) is 17.6 Å². The lowest BCUT2D eigenvalue weighted by Gasteiger charge is -2.13. The fourth-order valence-corrected chi connectivity index (χ4v) is 2.87. The first-order valence-electron chi connectivity index (χ1n) is 7.05. The summed E-state index contributed by atoms with van der Waals surface area (Å²) < 4.78 is 2.02. The number of carbonyl (C=O) groups is 1. The first-order chi connectivity index (χ1) is 11.0. The van der Waals surface area contributed by atoms with E-state index in [0.29, 0.717) is 6.54 Å². The van der Waals surface area contributed by atoms with Crippen LogP contribution in [0.15, 0.2) is 33.3 Å². The lowest BCUT2D eigenvalue weighted by Crippen LogP contribution is -2.44. The second-order valence-electron chi connectivity index (χ2n) is 4.92. The number of rotatable bonds is 5. The molecule has 0 saturated heterocycles. The number of carbonyl (C=O) groups excluding carboxylic acids is 1. The first kappa shape index (κ1) is 16.7. The minimum atomic E-state index is -0.749. The summed E-state index contributed by atoms with van der Waals surface area (Å²) in [5, 5.41) is 13.6. The molecule has 0 aromatic carbocycles. The van der Waals surface area contributed by atoms with Crippen molar-refractivity contribution in [1.29, 1.82) is 5.26 Å². The average molecular weight is 332 g/mol. The molecule has 0 radical (unpaired) electrons. The van der Waals surface area contributed by atoms with E-state index < -0.39 is 23.7 Å². The van der Waals surface area contributed by atoms with Crippen molar-refractivity contribution in [3.05, 3.63) is 55.0 Å². The van der Waals surface area contributed by atoms with Crippen LogP contribution < -0.4 is 16.6 Å². The van der Waals surface area contributed by atoms with Gasteiger partial charge in [0.1, 0.15) is 18.2 Å². The molecule has 1 atom stereocenters. The molecule has 1 amide bonds. The first-order valence-corrected chi connectivity index (χ1v) is 7.93. The lowest BCUT2D eigenvalue weighted by atomic mass is 10.2. The molecular formula is C15H16N4O3S. The number of amides is 1. The van der Waals surface area contributed by atoms with Crippen LogP contribution in [0.2, 0.25) is 0 Å². The van der Waals surface area contributed by atoms with Gasteiger partial charge in [0.25, 0.3) is 5.56 Å². The Hall–Kier alpha value is -2.66. The molecule has 2 rings (SSSR count). The van der Waals surface area contributed by atoms with E-state index in [2.05, 4.69) is 5.32 Å². The van der Waals surface area contributed by atoms with E-state index in [1.807, 2.05) is 24.4 Å². The zero-order chi connectivity index (χ0) is 17.0. The van der Waals surface area contributed by atoms with Crippen LogP contribution >= 0.6 is 11.3 Å². The fraction of sp³-hybridized carbons (Fsp3) is 0.333. The highest BCUT2D eigenvalue weighted by atomic mass is 32.1. The third-order valence-corrected chi connectivity index (χ3v) is 4.40. The van der Waals surface area contributed by atoms with E-state index in [0.717, 1.165) is 9.44 Å². The highest BCUT2D eigenvalue weighted by Crippen LogP contribution is 2.17. The van der Waals surface area contributed by atoms with Crippen molar-refractivity contribution in [1.82, 2.24) is 14.5 Å². The van der Waals surface area contributed by atoms with Crippen molar-refractivity contribution < 1.29 is 4.79 Å². The molecule has 0 bridgehead atoms. The number of hydrogen-bond acceptors (Lipinski definition) is 5. The zero-order valence-corrected chi connectivity index (χ0v) is 13.6. The SMILES string of the molecule is CCn1cc(C#N)c(=O)n(CC(=O)NC(C)c2cccs2)c1=O. The lowest BCUT2D eigenvalue weighted by molar-refractivity contribution is -0.122. The van der Waals surface area contributed by atoms with E-state index in [9.17, 15) is 14.4 Å². The number of nitrogens with zero attached hydrogens (tertiary/aromatic N) is 3. The van der Waals surface area contributed by atoms with Gasteiger partial charge in [-0.2, -0.15) is 5.26 Å². The van der Waals surface area contributed by atoms with E-state index in [4.69, 9.17) is 5.26 Å². The van der Waals surface area contributed by atoms with Gasteiger partial charge in [0.2, 0.25) is 5.91 Å². The van der Waals surface area contributed by atoms with Gasteiger partial charge in [-0.3, -0.25) is 14.2 Å². The Balaban J connectivity index is 2.26. The molecule has 0 fully saturated rings. The Morgan fingerprint density at radius 3 is 2.78 bits per heavy atom. The standard InChI is InChI=1S/C15H16N4O3S/c1-3-18-8-11(7-16)14(21)19(15(18)22)9-13(20)17-10(2)12-5-4-6-23-12/h4-6,8,10H,3,9H2,1-2H3,(H,17,20). The Kier molecular flexibility index (Phi) is 5.13. The van der Waals surface area contributed by atoms with Gasteiger partial charge in [-0.05, 0) is 25.3 Å². The van der Waals surface area contributed by atoms with Crippen LogP contribution in [-0.2, 0) is 17.9 Å². The normalized spacial score (nSPS) is 11.7. The maximum atomic E-state index is 12.2. The summed E-state index contributed by atoms with van der Waals surface area (Å²) in [6, 6.07) is 5.30. The number of hydrogen-bond donors (Lipinski definition) is 1. The minimum absolute atomic E-state index is 0.162. The molecule has 0 aliphatic rings. The molecule has 0 saturated carbocycles. The van der Waals surface area contributed by atoms with Crippen LogP contribution in [0.1, 0.15) is 30.3 Å². The molecule has 120 valence electrons. The van der Waals surface area contributed by atoms with E-state index in [1.54, 1.807) is 13.0 Å². The summed E-state index contributed by atoms with van der Waals surface area (Å²) in [5.41, 5.74) is -1.51. The third kappa shape index (κ3) is 3.57. The van der Waals surface area contributed by atoms with Gasteiger partial charge in [0.05, 0.1) is 6.04 Å². The van der Waals surface area contributed by atoms with E-state index >= 15 is 0 Å². The van der Waals surface area contributed by atoms with Crippen LogP contribution in [-0.4, -0.2) is 15.0 Å². The van der Waals surface area contributed by atoms with Crippen LogP contribution in [0.5, 0.6) is 0 Å². The van der Waals surface area contributed by atoms with Gasteiger partial charge < -0.3 is 5.32 Å². The van der Waals surface area contributed by atoms with Crippen LogP contribution in [0.25, 0.3) is 0 Å². The zero-order valence-electron chi connectivity index (χ0n) is 12.8. The molecule has 2 aromatic heterocycles. The predicted molar refractivity (Wildman–Crippen MR) is 86.2 cm³/mol. The largest absolute Gasteiger partial charge is 0.347 e. The molecule has 1 unspecified atom stereocenters. The third-order valence-electron chi connectivity index (χ3n) is 3.35. The monoisotopic (exact) mass is 332 g/mol. The molecule has 0 aliphatic carbocycles. The van der Waals surface area contributed by atoms with Crippen LogP contribution in [0.3, 0.4) is 0 Å². The second-order valence-corrected chi connectivity index (χ2v) is 5.90. The van der Waals surface area contributed by atoms with E-state index in [-0.39, 0.29) is 11.6 Å². The van der Waals surface area contributed by atoms with Crippen molar-refractivity contribution in [3.63, 3.8) is 0 Å². The molecule has 2 heterocycles. The Labute approximate surface area is 136 Å². The molecular weight excluding hydrogens is 316 g/mol. The Bertz CT molecular complexity index is 858. The summed E-state index contributed by atoms with van der Waals surface area (Å²) >= 11 is 1.51. The van der Waals surface area contributed by atoms with Gasteiger partial charge in [0.15, 0.2) is 0 Å². The second kappa shape index (κ2) is 7.07. The van der Waals surface area contributed by atoms with Crippen molar-refractivity contribution in [2.24, 2.45) is 0 Å². The van der Waals surface area contributed by atoms with Gasteiger partial charge in [-0.25, -0.2) is 9.36 Å². The van der Waals surface area contributed by atoms with Gasteiger partial charge in [-0.15, -0.1) is 11.3 Å². The highest BCUT2D eigenvalue weighted by molar-refractivity contribution is 7.10. The summed E-state index contributed by atoms with van der Waals surface area (Å²) in [6.07, 6.45) is 1.22. The number of aryl methyl sites for hydroxylation is 1. The number of nitrogens with one attached hydrogen (secondary N) is 1. The maximum absolute atomic E-state index is 12.2. The summed E-state index contributed by atoms with van der Waals surface area (Å²) in [6.45, 7) is 3.43. The average Bonchev–Trinajstić information content (AvgIpc) is 3.06. The summed E-state index contributed by atoms with van der Waals surface area (Å²) in [7, 11) is 0. The predicted octanol–water partition coefficient (Wildman–Crippen LogP) is 0.840.